The van der Waals surface area contributed by atoms with Crippen LogP contribution in [0.2, 0.25) is 5.02 Å². The number of allylic oxidation sites excluding steroid dienone is 1. The molecule has 0 saturated carbocycles. The van der Waals surface area contributed by atoms with Crippen LogP contribution in [-0.4, -0.2) is 5.91 Å². The van der Waals surface area contributed by atoms with E-state index in [0.717, 1.165) is 33.6 Å². The van der Waals surface area contributed by atoms with E-state index in [1.54, 1.807) is 4.90 Å². The Bertz CT molecular complexity index is 1270. The summed E-state index contributed by atoms with van der Waals surface area (Å²) < 4.78 is 0. The van der Waals surface area contributed by atoms with Gasteiger partial charge in [0, 0.05) is 21.9 Å². The fraction of sp³-hybridized carbons (Fsp3) is 0. The van der Waals surface area contributed by atoms with Gasteiger partial charge in [-0.15, -0.1) is 0 Å². The van der Waals surface area contributed by atoms with Gasteiger partial charge in [0.05, 0.1) is 5.70 Å². The van der Waals surface area contributed by atoms with Crippen molar-refractivity contribution in [2.75, 3.05) is 4.90 Å². The number of hydrogen-bond acceptors (Lipinski definition) is 1. The number of benzene rings is 4. The van der Waals surface area contributed by atoms with Crippen molar-refractivity contribution in [1.82, 2.24) is 0 Å². The zero-order valence-corrected chi connectivity index (χ0v) is 18.0. The molecule has 1 heterocycles. The summed E-state index contributed by atoms with van der Waals surface area (Å²) in [4.78, 5) is 15.5. The minimum Gasteiger partial charge on any atom is -0.276 e. The Hall–Kier alpha value is -3.88. The molecule has 0 spiro atoms. The molecule has 0 saturated heterocycles. The van der Waals surface area contributed by atoms with Gasteiger partial charge < -0.3 is 0 Å². The van der Waals surface area contributed by atoms with Gasteiger partial charge in [0.2, 0.25) is 0 Å². The lowest BCUT2D eigenvalue weighted by Crippen LogP contribution is -2.26. The van der Waals surface area contributed by atoms with Crippen molar-refractivity contribution in [3.8, 4) is 0 Å². The van der Waals surface area contributed by atoms with Crippen molar-refractivity contribution in [2.24, 2.45) is 0 Å². The van der Waals surface area contributed by atoms with Gasteiger partial charge in [-0.3, -0.25) is 9.69 Å². The van der Waals surface area contributed by atoms with E-state index in [1.807, 2.05) is 97.1 Å². The average molecular weight is 434 g/mol. The maximum absolute atomic E-state index is 13.8. The molecule has 0 atom stereocenters. The molecule has 32 heavy (non-hydrogen) atoms. The molecule has 0 aromatic heterocycles. The minimum atomic E-state index is -0.0575. The number of halogens is 1. The number of carbonyl (C=O) groups is 1. The molecule has 3 heteroatoms. The zero-order chi connectivity index (χ0) is 21.9. The minimum absolute atomic E-state index is 0.0575. The second kappa shape index (κ2) is 8.70. The summed E-state index contributed by atoms with van der Waals surface area (Å²) in [6.07, 6.45) is 2.00. The van der Waals surface area contributed by atoms with Gasteiger partial charge in [0.25, 0.3) is 5.91 Å². The largest absolute Gasteiger partial charge is 0.276 e. The SMILES string of the molecule is O=C1C(c2ccccc2)=CC(=C(c2ccccc2)c2ccccc2)N1c1ccc(Cl)cc1. The highest BCUT2D eigenvalue weighted by Crippen LogP contribution is 2.39. The predicted octanol–water partition coefficient (Wildman–Crippen LogP) is 7.23. The zero-order valence-electron chi connectivity index (χ0n) is 17.3. The van der Waals surface area contributed by atoms with Crippen LogP contribution in [-0.2, 0) is 4.79 Å². The van der Waals surface area contributed by atoms with Gasteiger partial charge in [0.1, 0.15) is 0 Å². The fourth-order valence-electron chi connectivity index (χ4n) is 4.02. The van der Waals surface area contributed by atoms with Crippen molar-refractivity contribution in [2.45, 2.75) is 0 Å². The lowest BCUT2D eigenvalue weighted by atomic mass is 9.95. The van der Waals surface area contributed by atoms with Crippen molar-refractivity contribution in [3.63, 3.8) is 0 Å². The lowest BCUT2D eigenvalue weighted by molar-refractivity contribution is -0.112. The Kier molecular flexibility index (Phi) is 5.45. The molecule has 0 aliphatic carbocycles. The molecule has 1 aliphatic rings. The maximum atomic E-state index is 13.8. The summed E-state index contributed by atoms with van der Waals surface area (Å²) in [7, 11) is 0. The first-order valence-electron chi connectivity index (χ1n) is 10.4. The fourth-order valence-corrected chi connectivity index (χ4v) is 4.15. The molecule has 154 valence electrons. The molecule has 0 N–H and O–H groups in total. The van der Waals surface area contributed by atoms with Crippen LogP contribution >= 0.6 is 11.6 Å². The molecular formula is C29H20ClNO. The normalized spacial score (nSPS) is 13.3. The smallest absolute Gasteiger partial charge is 0.263 e. The van der Waals surface area contributed by atoms with Gasteiger partial charge in [-0.2, -0.15) is 0 Å². The first kappa shape index (κ1) is 20.0. The van der Waals surface area contributed by atoms with E-state index in [9.17, 15) is 4.79 Å². The van der Waals surface area contributed by atoms with Gasteiger partial charge in [-0.05, 0) is 47.0 Å². The molecule has 1 amide bonds. The van der Waals surface area contributed by atoms with Crippen molar-refractivity contribution in [1.29, 1.82) is 0 Å². The highest BCUT2D eigenvalue weighted by Gasteiger charge is 2.33. The Morgan fingerprint density at radius 1 is 0.625 bits per heavy atom. The molecule has 0 fully saturated rings. The molecule has 4 aromatic carbocycles. The molecule has 0 radical (unpaired) electrons. The van der Waals surface area contributed by atoms with E-state index in [0.29, 0.717) is 10.6 Å². The first-order chi connectivity index (χ1) is 15.7. The average Bonchev–Trinajstić information content (AvgIpc) is 3.18. The third-order valence-corrected chi connectivity index (χ3v) is 5.76. The monoisotopic (exact) mass is 433 g/mol. The van der Waals surface area contributed by atoms with Crippen LogP contribution in [0.4, 0.5) is 5.69 Å². The summed E-state index contributed by atoms with van der Waals surface area (Å²) >= 11 is 6.14. The number of hydrogen-bond donors (Lipinski definition) is 0. The summed E-state index contributed by atoms with van der Waals surface area (Å²) in [5.74, 6) is -0.0575. The second-order valence-corrected chi connectivity index (χ2v) is 7.97. The third-order valence-electron chi connectivity index (χ3n) is 5.51. The Morgan fingerprint density at radius 3 is 1.66 bits per heavy atom. The molecule has 4 aromatic rings. The summed E-state index contributed by atoms with van der Waals surface area (Å²) in [5, 5.41) is 0.633. The maximum Gasteiger partial charge on any atom is 0.263 e. The van der Waals surface area contributed by atoms with Crippen molar-refractivity contribution < 1.29 is 4.79 Å². The molecule has 2 nitrogen and oxygen atoms in total. The number of carbonyl (C=O) groups excluding carboxylic acids is 1. The summed E-state index contributed by atoms with van der Waals surface area (Å²) in [5.41, 5.74) is 6.28. The molecule has 0 bridgehead atoms. The highest BCUT2D eigenvalue weighted by atomic mass is 35.5. The van der Waals surface area contributed by atoms with E-state index < -0.39 is 0 Å². The topological polar surface area (TPSA) is 20.3 Å². The van der Waals surface area contributed by atoms with Crippen LogP contribution in [0.25, 0.3) is 11.1 Å². The van der Waals surface area contributed by atoms with Crippen LogP contribution < -0.4 is 4.90 Å². The van der Waals surface area contributed by atoms with Gasteiger partial charge in [-0.25, -0.2) is 0 Å². The number of rotatable bonds is 4. The van der Waals surface area contributed by atoms with Gasteiger partial charge >= 0.3 is 0 Å². The number of amides is 1. The van der Waals surface area contributed by atoms with Crippen molar-refractivity contribution >= 4 is 34.3 Å². The van der Waals surface area contributed by atoms with Gasteiger partial charge in [-0.1, -0.05) is 103 Å². The Balaban J connectivity index is 1.80. The van der Waals surface area contributed by atoms with Gasteiger partial charge in [0.15, 0.2) is 0 Å². The lowest BCUT2D eigenvalue weighted by Gasteiger charge is -2.23. The van der Waals surface area contributed by atoms with E-state index >= 15 is 0 Å². The summed E-state index contributed by atoms with van der Waals surface area (Å²) in [6, 6.07) is 37.6. The molecular weight excluding hydrogens is 414 g/mol. The standard InChI is InChI=1S/C29H20ClNO/c30-24-16-18-25(19-17-24)31-27(20-26(29(31)32)21-10-4-1-5-11-21)28(22-12-6-2-7-13-22)23-14-8-3-9-15-23/h1-20H. The van der Waals surface area contributed by atoms with Crippen LogP contribution in [0.5, 0.6) is 0 Å². The predicted molar refractivity (Wildman–Crippen MR) is 132 cm³/mol. The second-order valence-electron chi connectivity index (χ2n) is 7.53. The molecule has 5 rings (SSSR count). The van der Waals surface area contributed by atoms with Crippen LogP contribution in [0.15, 0.2) is 127 Å². The van der Waals surface area contributed by atoms with E-state index in [4.69, 9.17) is 11.6 Å². The van der Waals surface area contributed by atoms with Crippen LogP contribution in [0.3, 0.4) is 0 Å². The van der Waals surface area contributed by atoms with Crippen molar-refractivity contribution in [3.05, 3.63) is 149 Å². The Labute approximate surface area is 192 Å². The van der Waals surface area contributed by atoms with E-state index in [-0.39, 0.29) is 5.91 Å². The Morgan fingerprint density at radius 2 is 1.12 bits per heavy atom. The molecule has 0 unspecified atom stereocenters. The first-order valence-corrected chi connectivity index (χ1v) is 10.8. The number of anilines is 1. The van der Waals surface area contributed by atoms with Crippen LogP contribution in [0.1, 0.15) is 16.7 Å². The van der Waals surface area contributed by atoms with E-state index in [2.05, 4.69) is 24.3 Å². The third kappa shape index (κ3) is 3.77. The van der Waals surface area contributed by atoms with Crippen LogP contribution in [0, 0.1) is 0 Å². The number of nitrogens with zero attached hydrogens (tertiary/aromatic N) is 1. The van der Waals surface area contributed by atoms with E-state index in [1.165, 1.54) is 0 Å². The highest BCUT2D eigenvalue weighted by molar-refractivity contribution is 6.33. The molecule has 1 aliphatic heterocycles. The quantitative estimate of drug-likeness (QED) is 0.332. The summed E-state index contributed by atoms with van der Waals surface area (Å²) in [6.45, 7) is 0.